The van der Waals surface area contributed by atoms with Crippen molar-refractivity contribution < 1.29 is 4.79 Å². The van der Waals surface area contributed by atoms with Gasteiger partial charge in [0.2, 0.25) is 0 Å². The molecule has 1 aliphatic carbocycles. The molecule has 0 spiro atoms. The number of alkyl halides is 1. The lowest BCUT2D eigenvalue weighted by Crippen LogP contribution is -2.31. The predicted octanol–water partition coefficient (Wildman–Crippen LogP) is 4.35. The summed E-state index contributed by atoms with van der Waals surface area (Å²) in [5.41, 5.74) is 0.655. The number of carbonyl (C=O) groups is 1. The summed E-state index contributed by atoms with van der Waals surface area (Å²) in [7, 11) is 0. The van der Waals surface area contributed by atoms with Crippen LogP contribution in [0.1, 0.15) is 29.6 Å². The van der Waals surface area contributed by atoms with Gasteiger partial charge in [0.25, 0.3) is 5.91 Å². The molecular weight excluding hydrogens is 381 g/mol. The molecule has 1 N–H and O–H groups in total. The molecule has 0 heterocycles. The molecule has 0 aromatic heterocycles. The summed E-state index contributed by atoms with van der Waals surface area (Å²) in [5, 5.41) is 3.17. The maximum atomic E-state index is 12.0. The third-order valence-electron chi connectivity index (χ3n) is 3.27. The van der Waals surface area contributed by atoms with Crippen LogP contribution in [0.15, 0.2) is 27.1 Å². The second kappa shape index (κ2) is 6.40. The number of nitrogens with one attached hydrogen (secondary N) is 1. The van der Waals surface area contributed by atoms with Crippen molar-refractivity contribution >= 4 is 49.4 Å². The second-order valence-electron chi connectivity index (χ2n) is 4.54. The monoisotopic (exact) mass is 393 g/mol. The quantitative estimate of drug-likeness (QED) is 0.758. The Bertz CT molecular complexity index is 453. The largest absolute Gasteiger partial charge is 0.352 e. The first kappa shape index (κ1) is 14.4. The van der Waals surface area contributed by atoms with Crippen LogP contribution >= 0.6 is 43.5 Å². The van der Waals surface area contributed by atoms with E-state index in [9.17, 15) is 4.79 Å². The third-order valence-corrected chi connectivity index (χ3v) is 4.99. The van der Waals surface area contributed by atoms with Crippen LogP contribution in [0, 0.1) is 5.92 Å². The van der Waals surface area contributed by atoms with Crippen LogP contribution in [-0.2, 0) is 0 Å². The average molecular weight is 396 g/mol. The molecule has 2 rings (SSSR count). The van der Waals surface area contributed by atoms with Crippen molar-refractivity contribution in [1.29, 1.82) is 0 Å². The van der Waals surface area contributed by atoms with Crippen LogP contribution in [0.3, 0.4) is 0 Å². The van der Waals surface area contributed by atoms with E-state index in [0.717, 1.165) is 28.2 Å². The number of halogens is 3. The lowest BCUT2D eigenvalue weighted by atomic mass is 10.1. The highest BCUT2D eigenvalue weighted by atomic mass is 79.9. The summed E-state index contributed by atoms with van der Waals surface area (Å²) in [4.78, 5) is 12.0. The lowest BCUT2D eigenvalue weighted by molar-refractivity contribution is 0.0947. The first-order valence-corrected chi connectivity index (χ1v) is 7.97. The van der Waals surface area contributed by atoms with Crippen molar-refractivity contribution in [3.63, 3.8) is 0 Å². The van der Waals surface area contributed by atoms with Crippen LogP contribution in [0.5, 0.6) is 0 Å². The van der Waals surface area contributed by atoms with Crippen molar-refractivity contribution in [2.24, 2.45) is 5.92 Å². The Kier molecular flexibility index (Phi) is 5.10. The summed E-state index contributed by atoms with van der Waals surface area (Å²) >= 11 is 13.0. The highest BCUT2D eigenvalue weighted by Gasteiger charge is 2.25. The Balaban J connectivity index is 1.95. The van der Waals surface area contributed by atoms with E-state index in [0.29, 0.717) is 18.0 Å². The van der Waals surface area contributed by atoms with Gasteiger partial charge in [-0.15, -0.1) is 11.6 Å². The maximum Gasteiger partial charge on any atom is 0.252 e. The van der Waals surface area contributed by atoms with Gasteiger partial charge in [-0.1, -0.05) is 22.4 Å². The van der Waals surface area contributed by atoms with Gasteiger partial charge >= 0.3 is 0 Å². The van der Waals surface area contributed by atoms with Crippen LogP contribution in [-0.4, -0.2) is 17.8 Å². The molecular formula is C13H14Br2ClNO. The normalized spacial score (nSPS) is 23.1. The molecule has 1 aromatic rings. The Morgan fingerprint density at radius 3 is 2.78 bits per heavy atom. The van der Waals surface area contributed by atoms with E-state index < -0.39 is 0 Å². The molecule has 0 saturated heterocycles. The molecule has 1 fully saturated rings. The molecule has 2 unspecified atom stereocenters. The van der Waals surface area contributed by atoms with E-state index in [4.69, 9.17) is 11.6 Å². The zero-order valence-electron chi connectivity index (χ0n) is 9.76. The number of benzene rings is 1. The highest BCUT2D eigenvalue weighted by Crippen LogP contribution is 2.29. The van der Waals surface area contributed by atoms with Gasteiger partial charge in [-0.2, -0.15) is 0 Å². The molecule has 0 aliphatic heterocycles. The van der Waals surface area contributed by atoms with Gasteiger partial charge in [0.05, 0.1) is 5.56 Å². The number of hydrogen-bond acceptors (Lipinski definition) is 1. The van der Waals surface area contributed by atoms with Crippen LogP contribution in [0.4, 0.5) is 0 Å². The van der Waals surface area contributed by atoms with Gasteiger partial charge in [0, 0.05) is 20.9 Å². The molecule has 0 radical (unpaired) electrons. The minimum absolute atomic E-state index is 0.0508. The topological polar surface area (TPSA) is 29.1 Å². The van der Waals surface area contributed by atoms with E-state index in [1.165, 1.54) is 0 Å². The number of amides is 1. The third kappa shape index (κ3) is 3.49. The summed E-state index contributed by atoms with van der Waals surface area (Å²) in [6, 6.07) is 5.53. The summed E-state index contributed by atoms with van der Waals surface area (Å²) < 4.78 is 1.74. The van der Waals surface area contributed by atoms with Gasteiger partial charge in [0.15, 0.2) is 0 Å². The van der Waals surface area contributed by atoms with Crippen LogP contribution in [0.25, 0.3) is 0 Å². The first-order valence-electron chi connectivity index (χ1n) is 5.95. The molecule has 0 bridgehead atoms. The van der Waals surface area contributed by atoms with E-state index in [-0.39, 0.29) is 11.3 Å². The van der Waals surface area contributed by atoms with Crippen LogP contribution in [0.2, 0.25) is 0 Å². The van der Waals surface area contributed by atoms with Gasteiger partial charge in [-0.3, -0.25) is 4.79 Å². The number of rotatable bonds is 3. The minimum Gasteiger partial charge on any atom is -0.352 e. The minimum atomic E-state index is -0.0508. The Morgan fingerprint density at radius 2 is 2.17 bits per heavy atom. The molecule has 1 aromatic carbocycles. The van der Waals surface area contributed by atoms with Crippen molar-refractivity contribution in [3.05, 3.63) is 32.7 Å². The lowest BCUT2D eigenvalue weighted by Gasteiger charge is -2.15. The molecule has 1 aliphatic rings. The smallest absolute Gasteiger partial charge is 0.252 e. The SMILES string of the molecule is O=C(NCC1CCCC1Cl)c1ccc(Br)cc1Br. The van der Waals surface area contributed by atoms with E-state index in [2.05, 4.69) is 37.2 Å². The van der Waals surface area contributed by atoms with E-state index in [1.54, 1.807) is 6.07 Å². The number of carbonyl (C=O) groups excluding carboxylic acids is 1. The fraction of sp³-hybridized carbons (Fsp3) is 0.462. The van der Waals surface area contributed by atoms with Gasteiger partial charge in [0.1, 0.15) is 0 Å². The van der Waals surface area contributed by atoms with Crippen LogP contribution < -0.4 is 5.32 Å². The van der Waals surface area contributed by atoms with E-state index in [1.807, 2.05) is 12.1 Å². The molecule has 98 valence electrons. The Labute approximate surface area is 129 Å². The van der Waals surface area contributed by atoms with Crippen molar-refractivity contribution in [2.75, 3.05) is 6.54 Å². The molecule has 2 atom stereocenters. The molecule has 1 amide bonds. The fourth-order valence-corrected chi connectivity index (χ4v) is 3.81. The first-order chi connectivity index (χ1) is 8.58. The maximum absolute atomic E-state index is 12.0. The van der Waals surface area contributed by atoms with Crippen molar-refractivity contribution in [2.45, 2.75) is 24.6 Å². The van der Waals surface area contributed by atoms with Crippen molar-refractivity contribution in [3.8, 4) is 0 Å². The Morgan fingerprint density at radius 1 is 1.39 bits per heavy atom. The fourth-order valence-electron chi connectivity index (χ4n) is 2.21. The van der Waals surface area contributed by atoms with Crippen molar-refractivity contribution in [1.82, 2.24) is 5.32 Å². The predicted molar refractivity (Wildman–Crippen MR) is 81.2 cm³/mol. The molecule has 1 saturated carbocycles. The summed E-state index contributed by atoms with van der Waals surface area (Å²) in [5.74, 6) is 0.356. The summed E-state index contributed by atoms with van der Waals surface area (Å²) in [6.45, 7) is 0.662. The van der Waals surface area contributed by atoms with Gasteiger partial charge in [-0.05, 0) is 52.9 Å². The average Bonchev–Trinajstić information content (AvgIpc) is 2.72. The highest BCUT2D eigenvalue weighted by molar-refractivity contribution is 9.11. The molecule has 18 heavy (non-hydrogen) atoms. The van der Waals surface area contributed by atoms with Gasteiger partial charge < -0.3 is 5.32 Å². The van der Waals surface area contributed by atoms with E-state index >= 15 is 0 Å². The molecule has 5 heteroatoms. The van der Waals surface area contributed by atoms with Gasteiger partial charge in [-0.25, -0.2) is 0 Å². The number of hydrogen-bond donors (Lipinski definition) is 1. The Hall–Kier alpha value is -0.0600. The second-order valence-corrected chi connectivity index (χ2v) is 6.87. The zero-order valence-corrected chi connectivity index (χ0v) is 13.7. The zero-order chi connectivity index (χ0) is 13.1. The molecule has 2 nitrogen and oxygen atoms in total. The summed E-state index contributed by atoms with van der Waals surface area (Å²) in [6.07, 6.45) is 3.33. The standard InChI is InChI=1S/C13H14Br2ClNO/c14-9-4-5-10(11(15)6-9)13(18)17-7-8-2-1-3-12(8)16/h4-6,8,12H,1-3,7H2,(H,17,18).